The number of pyridine rings is 1. The molecule has 0 atom stereocenters. The fourth-order valence-corrected chi connectivity index (χ4v) is 2.31. The van der Waals surface area contributed by atoms with E-state index in [1.165, 1.54) is 12.8 Å². The summed E-state index contributed by atoms with van der Waals surface area (Å²) < 4.78 is 1.97. The molecule has 2 aromatic rings. The maximum atomic E-state index is 4.62. The molecule has 2 heterocycles. The van der Waals surface area contributed by atoms with Crippen molar-refractivity contribution in [2.75, 3.05) is 13.1 Å². The lowest BCUT2D eigenvalue weighted by Crippen LogP contribution is -2.39. The summed E-state index contributed by atoms with van der Waals surface area (Å²) in [6.07, 6.45) is 4.32. The number of hydrogen-bond donors (Lipinski definition) is 2. The fraction of sp³-hybridized carbons (Fsp3) is 0.562. The van der Waals surface area contributed by atoms with Crippen LogP contribution in [0.4, 0.5) is 0 Å². The SMILES string of the molecule is CCNC(=NCc1nnc2ccccn12)NCC(CC)CC. The molecule has 0 spiro atoms. The number of nitrogens with zero attached hydrogens (tertiary/aromatic N) is 4. The minimum absolute atomic E-state index is 0.503. The topological polar surface area (TPSA) is 66.6 Å². The summed E-state index contributed by atoms with van der Waals surface area (Å²) in [6.45, 7) is 8.81. The van der Waals surface area contributed by atoms with Gasteiger partial charge in [0.15, 0.2) is 17.4 Å². The van der Waals surface area contributed by atoms with Crippen molar-refractivity contribution in [3.05, 3.63) is 30.2 Å². The molecule has 0 bridgehead atoms. The smallest absolute Gasteiger partial charge is 0.191 e. The van der Waals surface area contributed by atoms with Crippen LogP contribution in [0.2, 0.25) is 0 Å². The largest absolute Gasteiger partial charge is 0.357 e. The molecule has 0 saturated heterocycles. The number of hydrogen-bond acceptors (Lipinski definition) is 3. The molecule has 0 radical (unpaired) electrons. The van der Waals surface area contributed by atoms with Crippen molar-refractivity contribution in [3.63, 3.8) is 0 Å². The van der Waals surface area contributed by atoms with E-state index in [1.807, 2.05) is 28.8 Å². The van der Waals surface area contributed by atoms with Gasteiger partial charge in [0.05, 0.1) is 0 Å². The van der Waals surface area contributed by atoms with Crippen molar-refractivity contribution in [2.45, 2.75) is 40.2 Å². The van der Waals surface area contributed by atoms with E-state index in [0.29, 0.717) is 12.5 Å². The Morgan fingerprint density at radius 1 is 1.18 bits per heavy atom. The van der Waals surface area contributed by atoms with E-state index in [0.717, 1.165) is 30.5 Å². The molecule has 0 amide bonds. The zero-order valence-corrected chi connectivity index (χ0v) is 13.7. The summed E-state index contributed by atoms with van der Waals surface area (Å²) in [5, 5.41) is 15.0. The van der Waals surface area contributed by atoms with E-state index in [1.54, 1.807) is 0 Å². The second-order valence-electron chi connectivity index (χ2n) is 5.30. The average molecular weight is 302 g/mol. The summed E-state index contributed by atoms with van der Waals surface area (Å²) in [6, 6.07) is 5.87. The van der Waals surface area contributed by atoms with Crippen LogP contribution in [-0.4, -0.2) is 33.6 Å². The second kappa shape index (κ2) is 8.36. The number of nitrogens with one attached hydrogen (secondary N) is 2. The Balaban J connectivity index is 2.03. The quantitative estimate of drug-likeness (QED) is 0.608. The molecule has 0 fully saturated rings. The van der Waals surface area contributed by atoms with Crippen molar-refractivity contribution in [1.82, 2.24) is 25.2 Å². The minimum atomic E-state index is 0.503. The highest BCUT2D eigenvalue weighted by atomic mass is 15.3. The Labute approximate surface area is 132 Å². The van der Waals surface area contributed by atoms with E-state index in [2.05, 4.69) is 46.6 Å². The van der Waals surface area contributed by atoms with Gasteiger partial charge >= 0.3 is 0 Å². The molecule has 0 saturated carbocycles. The van der Waals surface area contributed by atoms with Gasteiger partial charge in [-0.2, -0.15) is 0 Å². The van der Waals surface area contributed by atoms with Crippen LogP contribution in [0.25, 0.3) is 5.65 Å². The normalized spacial score (nSPS) is 12.1. The molecule has 0 aromatic carbocycles. The third-order valence-electron chi connectivity index (χ3n) is 3.82. The first-order chi connectivity index (χ1) is 10.8. The van der Waals surface area contributed by atoms with Crippen LogP contribution in [0.5, 0.6) is 0 Å². The molecular weight excluding hydrogens is 276 g/mol. The van der Waals surface area contributed by atoms with Gasteiger partial charge in [-0.1, -0.05) is 32.8 Å². The summed E-state index contributed by atoms with van der Waals surface area (Å²) in [5.74, 6) is 2.36. The standard InChI is InChI=1S/C16H26N6/c1-4-13(5-2)11-18-16(17-6-3)19-12-15-21-20-14-9-7-8-10-22(14)15/h7-10,13H,4-6,11-12H2,1-3H3,(H2,17,18,19). The van der Waals surface area contributed by atoms with Gasteiger partial charge in [0.2, 0.25) is 0 Å². The van der Waals surface area contributed by atoms with Crippen LogP contribution in [0.15, 0.2) is 29.4 Å². The van der Waals surface area contributed by atoms with Gasteiger partial charge in [-0.15, -0.1) is 10.2 Å². The van der Waals surface area contributed by atoms with Gasteiger partial charge < -0.3 is 10.6 Å². The third-order valence-corrected chi connectivity index (χ3v) is 3.82. The molecule has 120 valence electrons. The molecule has 6 nitrogen and oxygen atoms in total. The number of rotatable bonds is 7. The van der Waals surface area contributed by atoms with Crippen LogP contribution in [0.3, 0.4) is 0 Å². The van der Waals surface area contributed by atoms with Crippen molar-refractivity contribution in [3.8, 4) is 0 Å². The van der Waals surface area contributed by atoms with Gasteiger partial charge in [-0.05, 0) is 25.0 Å². The van der Waals surface area contributed by atoms with Crippen LogP contribution >= 0.6 is 0 Å². The monoisotopic (exact) mass is 302 g/mol. The van der Waals surface area contributed by atoms with Gasteiger partial charge in [0, 0.05) is 19.3 Å². The summed E-state index contributed by atoms with van der Waals surface area (Å²) >= 11 is 0. The molecular formula is C16H26N6. The molecule has 0 aliphatic carbocycles. The van der Waals surface area contributed by atoms with E-state index in [4.69, 9.17) is 0 Å². The van der Waals surface area contributed by atoms with Crippen molar-refractivity contribution >= 4 is 11.6 Å². The van der Waals surface area contributed by atoms with Crippen LogP contribution in [0.1, 0.15) is 39.4 Å². The van der Waals surface area contributed by atoms with E-state index in [9.17, 15) is 0 Å². The van der Waals surface area contributed by atoms with Gasteiger partial charge in [-0.3, -0.25) is 4.40 Å². The highest BCUT2D eigenvalue weighted by Gasteiger charge is 2.07. The highest BCUT2D eigenvalue weighted by molar-refractivity contribution is 5.79. The van der Waals surface area contributed by atoms with Crippen LogP contribution in [0, 0.1) is 5.92 Å². The van der Waals surface area contributed by atoms with Crippen LogP contribution in [-0.2, 0) is 6.54 Å². The van der Waals surface area contributed by atoms with Gasteiger partial charge in [-0.25, -0.2) is 4.99 Å². The summed E-state index contributed by atoms with van der Waals surface area (Å²) in [7, 11) is 0. The third kappa shape index (κ3) is 4.19. The Kier molecular flexibility index (Phi) is 6.18. The molecule has 2 rings (SSSR count). The fourth-order valence-electron chi connectivity index (χ4n) is 2.31. The first-order valence-electron chi connectivity index (χ1n) is 8.09. The Morgan fingerprint density at radius 3 is 2.73 bits per heavy atom. The number of guanidine groups is 1. The van der Waals surface area contributed by atoms with Crippen molar-refractivity contribution in [1.29, 1.82) is 0 Å². The van der Waals surface area contributed by atoms with E-state index in [-0.39, 0.29) is 0 Å². The van der Waals surface area contributed by atoms with Crippen molar-refractivity contribution in [2.24, 2.45) is 10.9 Å². The predicted molar refractivity (Wildman–Crippen MR) is 89.9 cm³/mol. The Bertz CT molecular complexity index is 599. The number of aromatic nitrogens is 3. The summed E-state index contributed by atoms with van der Waals surface area (Å²) in [4.78, 5) is 4.62. The minimum Gasteiger partial charge on any atom is -0.357 e. The maximum absolute atomic E-state index is 4.62. The molecule has 0 aliphatic heterocycles. The average Bonchev–Trinajstić information content (AvgIpc) is 2.96. The van der Waals surface area contributed by atoms with Gasteiger partial charge in [0.25, 0.3) is 0 Å². The molecule has 2 aromatic heterocycles. The number of fused-ring (bicyclic) bond motifs is 1. The predicted octanol–water partition coefficient (Wildman–Crippen LogP) is 2.22. The van der Waals surface area contributed by atoms with E-state index < -0.39 is 0 Å². The van der Waals surface area contributed by atoms with Gasteiger partial charge in [0.1, 0.15) is 6.54 Å². The summed E-state index contributed by atoms with van der Waals surface area (Å²) in [5.41, 5.74) is 0.850. The molecule has 0 aliphatic rings. The first-order valence-corrected chi connectivity index (χ1v) is 8.09. The van der Waals surface area contributed by atoms with Crippen LogP contribution < -0.4 is 10.6 Å². The zero-order valence-electron chi connectivity index (χ0n) is 13.7. The highest BCUT2D eigenvalue weighted by Crippen LogP contribution is 2.06. The lowest BCUT2D eigenvalue weighted by atomic mass is 10.0. The molecule has 22 heavy (non-hydrogen) atoms. The molecule has 2 N–H and O–H groups in total. The zero-order chi connectivity index (χ0) is 15.8. The molecule has 6 heteroatoms. The van der Waals surface area contributed by atoms with Crippen molar-refractivity contribution < 1.29 is 0 Å². The Hall–Kier alpha value is -2.11. The number of aliphatic imine (C=N–C) groups is 1. The molecule has 0 unspecified atom stereocenters. The lowest BCUT2D eigenvalue weighted by Gasteiger charge is -2.16. The van der Waals surface area contributed by atoms with E-state index >= 15 is 0 Å². The second-order valence-corrected chi connectivity index (χ2v) is 5.30. The lowest BCUT2D eigenvalue weighted by molar-refractivity contribution is 0.481. The Morgan fingerprint density at radius 2 is 2.00 bits per heavy atom. The first kappa shape index (κ1) is 16.3. The maximum Gasteiger partial charge on any atom is 0.191 e.